The Morgan fingerprint density at radius 2 is 1.51 bits per heavy atom. The number of nitrogens with one attached hydrogen (secondary N) is 1. The van der Waals surface area contributed by atoms with Crippen LogP contribution in [0.1, 0.15) is 32.8 Å². The van der Waals surface area contributed by atoms with E-state index in [-0.39, 0.29) is 18.5 Å². The van der Waals surface area contributed by atoms with E-state index >= 15 is 0 Å². The molecule has 3 rings (SSSR count). The third-order valence-electron chi connectivity index (χ3n) is 6.25. The molecule has 3 aromatic rings. The molecule has 0 fully saturated rings. The van der Waals surface area contributed by atoms with E-state index in [1.54, 1.807) is 55.5 Å². The first-order valence-electron chi connectivity index (χ1n) is 12.6. The van der Waals surface area contributed by atoms with Gasteiger partial charge < -0.3 is 15.0 Å². The Labute approximate surface area is 235 Å². The lowest BCUT2D eigenvalue weighted by Crippen LogP contribution is -2.52. The van der Waals surface area contributed by atoms with Crippen molar-refractivity contribution in [2.24, 2.45) is 0 Å². The highest BCUT2D eigenvalue weighted by molar-refractivity contribution is 7.92. The quantitative estimate of drug-likeness (QED) is 0.321. The number of sulfonamides is 1. The third kappa shape index (κ3) is 8.46. The van der Waals surface area contributed by atoms with Gasteiger partial charge >= 0.3 is 0 Å². The van der Waals surface area contributed by atoms with Gasteiger partial charge in [-0.1, -0.05) is 54.9 Å². The molecule has 39 heavy (non-hydrogen) atoms. The molecule has 0 unspecified atom stereocenters. The summed E-state index contributed by atoms with van der Waals surface area (Å²) in [6.45, 7) is 4.98. The van der Waals surface area contributed by atoms with E-state index in [1.807, 2.05) is 44.2 Å². The van der Waals surface area contributed by atoms with Crippen LogP contribution in [0.3, 0.4) is 0 Å². The van der Waals surface area contributed by atoms with Gasteiger partial charge in [-0.2, -0.15) is 0 Å². The van der Waals surface area contributed by atoms with Crippen molar-refractivity contribution in [2.75, 3.05) is 17.1 Å². The molecule has 1 N–H and O–H groups in total. The predicted octanol–water partition coefficient (Wildman–Crippen LogP) is 5.23. The van der Waals surface area contributed by atoms with Gasteiger partial charge in [0, 0.05) is 17.6 Å². The number of carbonyl (C=O) groups is 2. The van der Waals surface area contributed by atoms with E-state index in [2.05, 4.69) is 5.32 Å². The SMILES string of the molecule is CC[C@@H](C)NC(=O)[C@H](C)N(Cc1ccccc1Cl)C(=O)CN(c1ccc(Oc2ccccc2)cc1)S(C)(=O)=O. The third-order valence-corrected chi connectivity index (χ3v) is 7.76. The summed E-state index contributed by atoms with van der Waals surface area (Å²) in [6.07, 6.45) is 1.76. The minimum Gasteiger partial charge on any atom is -0.457 e. The average molecular weight is 572 g/mol. The molecule has 8 nitrogen and oxygen atoms in total. The van der Waals surface area contributed by atoms with Crippen LogP contribution in [0, 0.1) is 0 Å². The molecule has 0 heterocycles. The summed E-state index contributed by atoms with van der Waals surface area (Å²) in [5.74, 6) is 0.274. The van der Waals surface area contributed by atoms with Crippen molar-refractivity contribution in [3.8, 4) is 11.5 Å². The lowest BCUT2D eigenvalue weighted by atomic mass is 10.1. The maximum Gasteiger partial charge on any atom is 0.244 e. The Kier molecular flexibility index (Phi) is 10.4. The number of carbonyl (C=O) groups excluding carboxylic acids is 2. The second-order valence-corrected chi connectivity index (χ2v) is 11.6. The van der Waals surface area contributed by atoms with Crippen molar-refractivity contribution in [3.63, 3.8) is 0 Å². The molecule has 0 aromatic heterocycles. The summed E-state index contributed by atoms with van der Waals surface area (Å²) in [5, 5.41) is 3.34. The fourth-order valence-electron chi connectivity index (χ4n) is 3.78. The molecule has 0 spiro atoms. The van der Waals surface area contributed by atoms with Gasteiger partial charge in [0.05, 0.1) is 11.9 Å². The minimum atomic E-state index is -3.85. The number of hydrogen-bond acceptors (Lipinski definition) is 5. The number of benzene rings is 3. The van der Waals surface area contributed by atoms with Gasteiger partial charge in [-0.05, 0) is 68.3 Å². The first kappa shape index (κ1) is 30.0. The van der Waals surface area contributed by atoms with Crippen LogP contribution in [0.4, 0.5) is 5.69 Å². The molecular formula is C29H34ClN3O5S. The van der Waals surface area contributed by atoms with E-state index < -0.39 is 28.5 Å². The monoisotopic (exact) mass is 571 g/mol. The number of anilines is 1. The Bertz CT molecular complexity index is 1370. The fourth-order valence-corrected chi connectivity index (χ4v) is 4.82. The van der Waals surface area contributed by atoms with E-state index in [1.165, 1.54) is 4.90 Å². The number of para-hydroxylation sites is 1. The Morgan fingerprint density at radius 1 is 0.923 bits per heavy atom. The van der Waals surface area contributed by atoms with Gasteiger partial charge in [-0.3, -0.25) is 13.9 Å². The summed E-state index contributed by atoms with van der Waals surface area (Å²) in [4.78, 5) is 28.0. The maximum atomic E-state index is 13.7. The van der Waals surface area contributed by atoms with Crippen LogP contribution >= 0.6 is 11.6 Å². The molecule has 208 valence electrons. The minimum absolute atomic E-state index is 0.0368. The van der Waals surface area contributed by atoms with Gasteiger partial charge in [0.25, 0.3) is 0 Å². The lowest BCUT2D eigenvalue weighted by Gasteiger charge is -2.32. The normalized spacial score (nSPS) is 12.7. The van der Waals surface area contributed by atoms with Crippen LogP contribution in [0.2, 0.25) is 5.02 Å². The van der Waals surface area contributed by atoms with Crippen molar-refractivity contribution >= 4 is 39.1 Å². The zero-order valence-corrected chi connectivity index (χ0v) is 24.1. The first-order chi connectivity index (χ1) is 18.5. The summed E-state index contributed by atoms with van der Waals surface area (Å²) in [7, 11) is -3.85. The first-order valence-corrected chi connectivity index (χ1v) is 14.9. The molecule has 0 aliphatic heterocycles. The zero-order chi connectivity index (χ0) is 28.6. The fraction of sp³-hybridized carbons (Fsp3) is 0.310. The van der Waals surface area contributed by atoms with Gasteiger partial charge in [0.2, 0.25) is 21.8 Å². The second kappa shape index (κ2) is 13.5. The summed E-state index contributed by atoms with van der Waals surface area (Å²) in [5.41, 5.74) is 0.935. The van der Waals surface area contributed by atoms with Crippen molar-refractivity contribution < 1.29 is 22.7 Å². The highest BCUT2D eigenvalue weighted by atomic mass is 35.5. The molecular weight excluding hydrogens is 538 g/mol. The molecule has 0 aliphatic carbocycles. The Morgan fingerprint density at radius 3 is 2.10 bits per heavy atom. The standard InChI is InChI=1S/C29H34ClN3O5S/c1-5-21(2)31-29(35)22(3)32(19-23-11-9-10-14-27(23)30)28(34)20-33(39(4,36)37)24-15-17-26(18-16-24)38-25-12-7-6-8-13-25/h6-18,21-22H,5,19-20H2,1-4H3,(H,31,35)/t21-,22+/m1/s1. The molecule has 0 saturated carbocycles. The van der Waals surface area contributed by atoms with E-state index in [0.717, 1.165) is 17.0 Å². The van der Waals surface area contributed by atoms with E-state index in [9.17, 15) is 18.0 Å². The van der Waals surface area contributed by atoms with E-state index in [0.29, 0.717) is 27.8 Å². The molecule has 10 heteroatoms. The van der Waals surface area contributed by atoms with Crippen molar-refractivity contribution in [1.82, 2.24) is 10.2 Å². The smallest absolute Gasteiger partial charge is 0.244 e. The summed E-state index contributed by atoms with van der Waals surface area (Å²) >= 11 is 6.35. The number of ether oxygens (including phenoxy) is 1. The Hall–Kier alpha value is -3.56. The van der Waals surface area contributed by atoms with Crippen molar-refractivity contribution in [3.05, 3.63) is 89.4 Å². The van der Waals surface area contributed by atoms with Crippen LogP contribution < -0.4 is 14.4 Å². The van der Waals surface area contributed by atoms with Crippen LogP contribution in [0.5, 0.6) is 11.5 Å². The highest BCUT2D eigenvalue weighted by Crippen LogP contribution is 2.26. The number of rotatable bonds is 12. The molecule has 0 radical (unpaired) electrons. The van der Waals surface area contributed by atoms with Gasteiger partial charge in [0.1, 0.15) is 24.1 Å². The molecule has 0 aliphatic rings. The predicted molar refractivity (Wildman–Crippen MR) is 155 cm³/mol. The summed E-state index contributed by atoms with van der Waals surface area (Å²) < 4.78 is 32.4. The number of hydrogen-bond donors (Lipinski definition) is 1. The van der Waals surface area contributed by atoms with Gasteiger partial charge in [0.15, 0.2) is 0 Å². The molecule has 2 amide bonds. The number of halogens is 1. The topological polar surface area (TPSA) is 96.0 Å². The summed E-state index contributed by atoms with van der Waals surface area (Å²) in [6, 6.07) is 21.7. The van der Waals surface area contributed by atoms with E-state index in [4.69, 9.17) is 16.3 Å². The molecule has 3 aromatic carbocycles. The molecule has 2 atom stereocenters. The van der Waals surface area contributed by atoms with Crippen LogP contribution in [-0.2, 0) is 26.2 Å². The molecule has 0 bridgehead atoms. The van der Waals surface area contributed by atoms with Crippen molar-refractivity contribution in [1.29, 1.82) is 0 Å². The highest BCUT2D eigenvalue weighted by Gasteiger charge is 2.30. The second-order valence-electron chi connectivity index (χ2n) is 9.29. The number of amides is 2. The average Bonchev–Trinajstić information content (AvgIpc) is 2.91. The van der Waals surface area contributed by atoms with Crippen LogP contribution in [-0.4, -0.2) is 50.0 Å². The van der Waals surface area contributed by atoms with Gasteiger partial charge in [-0.25, -0.2) is 8.42 Å². The lowest BCUT2D eigenvalue weighted by molar-refractivity contribution is -0.139. The zero-order valence-electron chi connectivity index (χ0n) is 22.5. The largest absolute Gasteiger partial charge is 0.457 e. The van der Waals surface area contributed by atoms with Crippen LogP contribution in [0.25, 0.3) is 0 Å². The number of nitrogens with zero attached hydrogens (tertiary/aromatic N) is 2. The maximum absolute atomic E-state index is 13.7. The van der Waals surface area contributed by atoms with Gasteiger partial charge in [-0.15, -0.1) is 0 Å². The Balaban J connectivity index is 1.87. The molecule has 0 saturated heterocycles. The van der Waals surface area contributed by atoms with Crippen LogP contribution in [0.15, 0.2) is 78.9 Å². The van der Waals surface area contributed by atoms with Crippen molar-refractivity contribution in [2.45, 2.75) is 45.8 Å².